The first-order chi connectivity index (χ1) is 8.33. The predicted octanol–water partition coefficient (Wildman–Crippen LogP) is 2.04. The molecule has 0 amide bonds. The van der Waals surface area contributed by atoms with Gasteiger partial charge >= 0.3 is 0 Å². The van der Waals surface area contributed by atoms with Crippen molar-refractivity contribution in [2.24, 2.45) is 7.05 Å². The summed E-state index contributed by atoms with van der Waals surface area (Å²) in [5, 5.41) is 9.61. The summed E-state index contributed by atoms with van der Waals surface area (Å²) in [6, 6.07) is 3.98. The minimum absolute atomic E-state index is 0.671. The monoisotopic (exact) mass is 245 g/mol. The van der Waals surface area contributed by atoms with Crippen LogP contribution in [0.3, 0.4) is 0 Å². The lowest BCUT2D eigenvalue weighted by Gasteiger charge is -2.03. The topological polar surface area (TPSA) is 55.6 Å². The Morgan fingerprint density at radius 1 is 1.35 bits per heavy atom. The van der Waals surface area contributed by atoms with Crippen LogP contribution < -0.4 is 5.32 Å². The van der Waals surface area contributed by atoms with E-state index in [1.807, 2.05) is 30.8 Å². The van der Waals surface area contributed by atoms with Crippen molar-refractivity contribution in [3.8, 4) is 0 Å². The summed E-state index contributed by atoms with van der Waals surface area (Å²) < 4.78 is 2.88. The first-order valence-corrected chi connectivity index (χ1v) is 6.11. The molecule has 5 nitrogen and oxygen atoms in total. The molecule has 0 aliphatic carbocycles. The van der Waals surface area contributed by atoms with Gasteiger partial charge in [-0.3, -0.25) is 4.68 Å². The molecule has 0 atom stereocenters. The SMILES string of the molecule is Cn1ccc(CNc2ncnc3ccsc23)n1. The molecule has 3 rings (SSSR count). The summed E-state index contributed by atoms with van der Waals surface area (Å²) in [5.41, 5.74) is 1.98. The Kier molecular flexibility index (Phi) is 2.49. The molecule has 0 fully saturated rings. The van der Waals surface area contributed by atoms with Crippen molar-refractivity contribution in [1.82, 2.24) is 19.7 Å². The molecule has 0 saturated heterocycles. The number of aryl methyl sites for hydroxylation is 1. The number of nitrogens with zero attached hydrogens (tertiary/aromatic N) is 4. The second-order valence-electron chi connectivity index (χ2n) is 3.69. The number of fused-ring (bicyclic) bond motifs is 1. The Hall–Kier alpha value is -1.95. The summed E-state index contributed by atoms with van der Waals surface area (Å²) in [4.78, 5) is 8.46. The summed E-state index contributed by atoms with van der Waals surface area (Å²) in [5.74, 6) is 0.871. The quantitative estimate of drug-likeness (QED) is 0.767. The first-order valence-electron chi connectivity index (χ1n) is 5.23. The van der Waals surface area contributed by atoms with Crippen LogP contribution in [0.2, 0.25) is 0 Å². The van der Waals surface area contributed by atoms with Gasteiger partial charge in [0, 0.05) is 13.2 Å². The molecule has 3 heterocycles. The van der Waals surface area contributed by atoms with Crippen LogP contribution in [0.4, 0.5) is 5.82 Å². The average Bonchev–Trinajstić information content (AvgIpc) is 2.94. The molecule has 0 radical (unpaired) electrons. The summed E-state index contributed by atoms with van der Waals surface area (Å²) in [6.45, 7) is 0.671. The van der Waals surface area contributed by atoms with Crippen LogP contribution >= 0.6 is 11.3 Å². The lowest BCUT2D eigenvalue weighted by Crippen LogP contribution is -2.03. The van der Waals surface area contributed by atoms with Crippen LogP contribution in [0.25, 0.3) is 10.2 Å². The fourth-order valence-corrected chi connectivity index (χ4v) is 2.46. The van der Waals surface area contributed by atoms with Crippen LogP contribution in [0.15, 0.2) is 30.0 Å². The Balaban J connectivity index is 1.83. The number of hydrogen-bond donors (Lipinski definition) is 1. The number of thiophene rings is 1. The molecule has 86 valence electrons. The number of nitrogens with one attached hydrogen (secondary N) is 1. The molecule has 3 aromatic heterocycles. The summed E-state index contributed by atoms with van der Waals surface area (Å²) >= 11 is 1.64. The maximum absolute atomic E-state index is 4.31. The van der Waals surface area contributed by atoms with Gasteiger partial charge in [0.25, 0.3) is 0 Å². The van der Waals surface area contributed by atoms with E-state index in [-0.39, 0.29) is 0 Å². The molecule has 0 spiro atoms. The van der Waals surface area contributed by atoms with E-state index in [4.69, 9.17) is 0 Å². The van der Waals surface area contributed by atoms with Crippen molar-refractivity contribution < 1.29 is 0 Å². The molecule has 17 heavy (non-hydrogen) atoms. The van der Waals surface area contributed by atoms with Crippen molar-refractivity contribution in [2.75, 3.05) is 5.32 Å². The summed E-state index contributed by atoms with van der Waals surface area (Å²) in [7, 11) is 1.91. The van der Waals surface area contributed by atoms with Gasteiger partial charge in [0.2, 0.25) is 0 Å². The third-order valence-electron chi connectivity index (χ3n) is 2.45. The van der Waals surface area contributed by atoms with Crippen LogP contribution in [0.5, 0.6) is 0 Å². The van der Waals surface area contributed by atoms with Crippen LogP contribution in [-0.2, 0) is 13.6 Å². The molecule has 1 N–H and O–H groups in total. The van der Waals surface area contributed by atoms with Gasteiger partial charge in [-0.25, -0.2) is 9.97 Å². The fourth-order valence-electron chi connectivity index (χ4n) is 1.65. The van der Waals surface area contributed by atoms with Crippen LogP contribution in [-0.4, -0.2) is 19.7 Å². The van der Waals surface area contributed by atoms with Crippen molar-refractivity contribution >= 4 is 27.4 Å². The molecular formula is C11H11N5S. The maximum atomic E-state index is 4.31. The van der Waals surface area contributed by atoms with Gasteiger partial charge in [0.05, 0.1) is 22.5 Å². The zero-order chi connectivity index (χ0) is 11.7. The van der Waals surface area contributed by atoms with Crippen molar-refractivity contribution in [3.05, 3.63) is 35.7 Å². The highest BCUT2D eigenvalue weighted by Crippen LogP contribution is 2.24. The molecule has 0 saturated carbocycles. The lowest BCUT2D eigenvalue weighted by atomic mass is 10.4. The van der Waals surface area contributed by atoms with Crippen molar-refractivity contribution in [2.45, 2.75) is 6.54 Å². The number of rotatable bonds is 3. The molecular weight excluding hydrogens is 234 g/mol. The van der Waals surface area contributed by atoms with Gasteiger partial charge in [0.1, 0.15) is 12.1 Å². The maximum Gasteiger partial charge on any atom is 0.147 e. The smallest absolute Gasteiger partial charge is 0.147 e. The molecule has 6 heteroatoms. The van der Waals surface area contributed by atoms with Crippen molar-refractivity contribution in [1.29, 1.82) is 0 Å². The highest BCUT2D eigenvalue weighted by molar-refractivity contribution is 7.17. The molecule has 0 aliphatic rings. The second kappa shape index (κ2) is 4.14. The van der Waals surface area contributed by atoms with E-state index in [2.05, 4.69) is 20.4 Å². The van der Waals surface area contributed by atoms with Gasteiger partial charge in [-0.2, -0.15) is 5.10 Å². The van der Waals surface area contributed by atoms with E-state index in [0.717, 1.165) is 21.7 Å². The van der Waals surface area contributed by atoms with Gasteiger partial charge in [-0.15, -0.1) is 11.3 Å². The van der Waals surface area contributed by atoms with E-state index < -0.39 is 0 Å². The number of anilines is 1. The highest BCUT2D eigenvalue weighted by Gasteiger charge is 2.05. The van der Waals surface area contributed by atoms with E-state index in [0.29, 0.717) is 6.54 Å². The van der Waals surface area contributed by atoms with Crippen molar-refractivity contribution in [3.63, 3.8) is 0 Å². The Labute approximate surface area is 102 Å². The molecule has 0 unspecified atom stereocenters. The number of aromatic nitrogens is 4. The third-order valence-corrected chi connectivity index (χ3v) is 3.36. The Morgan fingerprint density at radius 3 is 3.12 bits per heavy atom. The summed E-state index contributed by atoms with van der Waals surface area (Å²) in [6.07, 6.45) is 3.51. The Bertz CT molecular complexity index is 642. The first kappa shape index (κ1) is 10.2. The second-order valence-corrected chi connectivity index (χ2v) is 4.61. The molecule has 0 aliphatic heterocycles. The zero-order valence-electron chi connectivity index (χ0n) is 9.29. The van der Waals surface area contributed by atoms with Gasteiger partial charge in [-0.05, 0) is 17.5 Å². The molecule has 0 bridgehead atoms. The van der Waals surface area contributed by atoms with Gasteiger partial charge in [-0.1, -0.05) is 0 Å². The largest absolute Gasteiger partial charge is 0.363 e. The van der Waals surface area contributed by atoms with E-state index >= 15 is 0 Å². The standard InChI is InChI=1S/C11H11N5S/c1-16-4-2-8(15-16)6-12-11-10-9(3-5-17-10)13-7-14-11/h2-5,7H,6H2,1H3,(H,12,13,14). The molecule has 0 aromatic carbocycles. The van der Waals surface area contributed by atoms with Gasteiger partial charge in [0.15, 0.2) is 0 Å². The zero-order valence-corrected chi connectivity index (χ0v) is 10.1. The van der Waals surface area contributed by atoms with E-state index in [1.54, 1.807) is 22.3 Å². The van der Waals surface area contributed by atoms with E-state index in [1.165, 1.54) is 0 Å². The van der Waals surface area contributed by atoms with Crippen LogP contribution in [0.1, 0.15) is 5.69 Å². The van der Waals surface area contributed by atoms with E-state index in [9.17, 15) is 0 Å². The highest BCUT2D eigenvalue weighted by atomic mass is 32.1. The minimum atomic E-state index is 0.671. The fraction of sp³-hybridized carbons (Fsp3) is 0.182. The predicted molar refractivity (Wildman–Crippen MR) is 67.9 cm³/mol. The lowest BCUT2D eigenvalue weighted by molar-refractivity contribution is 0.747. The number of hydrogen-bond acceptors (Lipinski definition) is 5. The normalized spacial score (nSPS) is 10.9. The van der Waals surface area contributed by atoms with Gasteiger partial charge < -0.3 is 5.32 Å². The molecule has 3 aromatic rings. The van der Waals surface area contributed by atoms with Crippen LogP contribution in [0, 0.1) is 0 Å². The Morgan fingerprint density at radius 2 is 2.29 bits per heavy atom. The average molecular weight is 245 g/mol. The third kappa shape index (κ3) is 1.99. The minimum Gasteiger partial charge on any atom is -0.363 e.